The summed E-state index contributed by atoms with van der Waals surface area (Å²) in [6.07, 6.45) is 17.8. The third-order valence-corrected chi connectivity index (χ3v) is 9.45. The minimum Gasteiger partial charge on any atom is -0.493 e. The van der Waals surface area contributed by atoms with Gasteiger partial charge in [-0.15, -0.1) is 0 Å². The zero-order valence-corrected chi connectivity index (χ0v) is 32.9. The highest BCUT2D eigenvalue weighted by atomic mass is 16.5. The van der Waals surface area contributed by atoms with E-state index >= 15 is 0 Å². The van der Waals surface area contributed by atoms with E-state index in [0.29, 0.717) is 13.2 Å². The van der Waals surface area contributed by atoms with Gasteiger partial charge in [0.05, 0.1) is 13.2 Å². The largest absolute Gasteiger partial charge is 0.493 e. The van der Waals surface area contributed by atoms with Gasteiger partial charge in [0.2, 0.25) is 0 Å². The Bertz CT molecular complexity index is 1980. The van der Waals surface area contributed by atoms with Crippen LogP contribution in [0.1, 0.15) is 87.5 Å². The first-order valence-electron chi connectivity index (χ1n) is 20.2. The van der Waals surface area contributed by atoms with Crippen molar-refractivity contribution in [3.8, 4) is 45.6 Å². The van der Waals surface area contributed by atoms with Crippen LogP contribution in [0.25, 0.3) is 35.4 Å². The molecule has 0 aliphatic heterocycles. The van der Waals surface area contributed by atoms with Crippen molar-refractivity contribution in [1.82, 2.24) is 0 Å². The molecule has 0 N–H and O–H groups in total. The van der Waals surface area contributed by atoms with Gasteiger partial charge >= 0.3 is 0 Å². The molecule has 6 aromatic carbocycles. The van der Waals surface area contributed by atoms with E-state index in [0.717, 1.165) is 80.7 Å². The fraction of sp³-hybridized carbons (Fsp3) is 0.231. The summed E-state index contributed by atoms with van der Waals surface area (Å²) in [4.78, 5) is 0. The van der Waals surface area contributed by atoms with Gasteiger partial charge in [0.15, 0.2) is 0 Å². The molecule has 0 aromatic heterocycles. The second-order valence-electron chi connectivity index (χ2n) is 14.0. The molecule has 0 radical (unpaired) electrons. The van der Waals surface area contributed by atoms with E-state index < -0.39 is 0 Å². The molecule has 56 heavy (non-hydrogen) atoms. The fourth-order valence-electron chi connectivity index (χ4n) is 6.39. The summed E-state index contributed by atoms with van der Waals surface area (Å²) in [5.41, 5.74) is 6.35. The molecule has 0 amide bonds. The van der Waals surface area contributed by atoms with E-state index in [-0.39, 0.29) is 0 Å². The van der Waals surface area contributed by atoms with Gasteiger partial charge in [0.25, 0.3) is 0 Å². The van der Waals surface area contributed by atoms with Crippen molar-refractivity contribution in [2.45, 2.75) is 65.2 Å². The smallest absolute Gasteiger partial charge is 0.128 e. The van der Waals surface area contributed by atoms with Crippen LogP contribution in [0.2, 0.25) is 0 Å². The predicted octanol–water partition coefficient (Wildman–Crippen LogP) is 15.2. The van der Waals surface area contributed by atoms with Crippen LogP contribution >= 0.6 is 0 Å². The Morgan fingerprint density at radius 3 is 1.23 bits per heavy atom. The maximum absolute atomic E-state index is 6.40. The summed E-state index contributed by atoms with van der Waals surface area (Å²) in [6.45, 7) is 5.85. The average molecular weight is 743 g/mol. The van der Waals surface area contributed by atoms with Gasteiger partial charge in [0.1, 0.15) is 34.5 Å². The van der Waals surface area contributed by atoms with E-state index in [4.69, 9.17) is 18.9 Å². The number of rotatable bonds is 21. The molecular weight excluding hydrogens is 689 g/mol. The third-order valence-electron chi connectivity index (χ3n) is 9.45. The quantitative estimate of drug-likeness (QED) is 0.0543. The Labute approximate surface area is 334 Å². The number of ether oxygens (including phenoxy) is 4. The maximum atomic E-state index is 6.40. The standard InChI is InChI=1S/C52H54O4/c1-3-5-7-15-35-53-51-33-31-43(39-45(51)29-27-41-19-17-25-49(37-41)55-47-21-11-9-12-22-47)44-32-34-52(54-36-16-8-6-4-2)46(40-44)30-28-42-20-18-26-50(38-42)56-48-23-13-10-14-24-48/h9-14,17-34,37-40H,3-8,15-16,35-36H2,1-2H3/b29-27+,30-28+. The SMILES string of the molecule is CCCCCCOc1ccc(-c2ccc(OCCCCCC)c(/C=C/c3cccc(Oc4ccccc4)c3)c2)cc1/C=C/c1cccc(Oc2ccccc2)c1. The minimum absolute atomic E-state index is 0.692. The molecule has 4 nitrogen and oxygen atoms in total. The second kappa shape index (κ2) is 21.8. The Morgan fingerprint density at radius 1 is 0.375 bits per heavy atom. The van der Waals surface area contributed by atoms with Crippen molar-refractivity contribution in [1.29, 1.82) is 0 Å². The van der Waals surface area contributed by atoms with Crippen LogP contribution in [-0.2, 0) is 0 Å². The molecule has 0 bridgehead atoms. The van der Waals surface area contributed by atoms with Crippen molar-refractivity contribution < 1.29 is 18.9 Å². The van der Waals surface area contributed by atoms with Crippen molar-refractivity contribution in [3.63, 3.8) is 0 Å². The highest BCUT2D eigenvalue weighted by molar-refractivity contribution is 5.80. The zero-order chi connectivity index (χ0) is 38.6. The average Bonchev–Trinajstić information content (AvgIpc) is 3.23. The molecule has 4 heteroatoms. The number of hydrogen-bond acceptors (Lipinski definition) is 4. The molecule has 0 atom stereocenters. The van der Waals surface area contributed by atoms with Gasteiger partial charge in [-0.2, -0.15) is 0 Å². The fourth-order valence-corrected chi connectivity index (χ4v) is 6.39. The monoisotopic (exact) mass is 742 g/mol. The Hall–Kier alpha value is -6.00. The van der Waals surface area contributed by atoms with Crippen LogP contribution in [0.15, 0.2) is 146 Å². The normalized spacial score (nSPS) is 11.2. The van der Waals surface area contributed by atoms with Crippen molar-refractivity contribution in [2.24, 2.45) is 0 Å². The predicted molar refractivity (Wildman–Crippen MR) is 235 cm³/mol. The molecule has 0 unspecified atom stereocenters. The first kappa shape index (κ1) is 39.7. The van der Waals surface area contributed by atoms with Gasteiger partial charge < -0.3 is 18.9 Å². The lowest BCUT2D eigenvalue weighted by Crippen LogP contribution is -2.00. The van der Waals surface area contributed by atoms with Crippen LogP contribution in [0, 0.1) is 0 Å². The Kier molecular flexibility index (Phi) is 15.4. The minimum atomic E-state index is 0.692. The molecule has 0 spiro atoms. The lowest BCUT2D eigenvalue weighted by molar-refractivity contribution is 0.304. The molecule has 0 heterocycles. The van der Waals surface area contributed by atoms with Crippen molar-refractivity contribution in [3.05, 3.63) is 168 Å². The van der Waals surface area contributed by atoms with E-state index in [9.17, 15) is 0 Å². The maximum Gasteiger partial charge on any atom is 0.128 e. The van der Waals surface area contributed by atoms with E-state index in [1.165, 1.54) is 38.5 Å². The second-order valence-corrected chi connectivity index (χ2v) is 14.0. The molecule has 0 aliphatic rings. The van der Waals surface area contributed by atoms with Crippen molar-refractivity contribution >= 4 is 24.3 Å². The highest BCUT2D eigenvalue weighted by Crippen LogP contribution is 2.33. The van der Waals surface area contributed by atoms with Gasteiger partial charge in [-0.3, -0.25) is 0 Å². The first-order valence-corrected chi connectivity index (χ1v) is 20.2. The summed E-state index contributed by atoms with van der Waals surface area (Å²) in [5.74, 6) is 4.97. The highest BCUT2D eigenvalue weighted by Gasteiger charge is 2.10. The summed E-state index contributed by atoms with van der Waals surface area (Å²) in [5, 5.41) is 0. The number of para-hydroxylation sites is 2. The molecular formula is C52H54O4. The molecule has 0 saturated heterocycles. The van der Waals surface area contributed by atoms with Crippen molar-refractivity contribution in [2.75, 3.05) is 13.2 Å². The number of hydrogen-bond donors (Lipinski definition) is 0. The van der Waals surface area contributed by atoms with E-state index in [2.05, 4.69) is 98.8 Å². The third kappa shape index (κ3) is 12.5. The molecule has 0 saturated carbocycles. The van der Waals surface area contributed by atoms with Crippen LogP contribution in [0.5, 0.6) is 34.5 Å². The van der Waals surface area contributed by atoms with Crippen LogP contribution in [0.4, 0.5) is 0 Å². The Morgan fingerprint density at radius 2 is 0.804 bits per heavy atom. The summed E-state index contributed by atoms with van der Waals surface area (Å²) in [6, 6.07) is 49.0. The first-order chi connectivity index (χ1) is 27.7. The Balaban J connectivity index is 1.28. The van der Waals surface area contributed by atoms with Gasteiger partial charge in [0, 0.05) is 11.1 Å². The molecule has 6 aromatic rings. The van der Waals surface area contributed by atoms with Gasteiger partial charge in [-0.1, -0.05) is 149 Å². The van der Waals surface area contributed by atoms with Crippen LogP contribution in [-0.4, -0.2) is 13.2 Å². The molecule has 6 rings (SSSR count). The van der Waals surface area contributed by atoms with Crippen LogP contribution < -0.4 is 18.9 Å². The summed E-state index contributed by atoms with van der Waals surface area (Å²) < 4.78 is 25.0. The summed E-state index contributed by atoms with van der Waals surface area (Å²) >= 11 is 0. The number of benzene rings is 6. The molecule has 0 fully saturated rings. The topological polar surface area (TPSA) is 36.9 Å². The van der Waals surface area contributed by atoms with Gasteiger partial charge in [-0.05, 0) is 108 Å². The summed E-state index contributed by atoms with van der Waals surface area (Å²) in [7, 11) is 0. The van der Waals surface area contributed by atoms with Gasteiger partial charge in [-0.25, -0.2) is 0 Å². The van der Waals surface area contributed by atoms with E-state index in [1.54, 1.807) is 0 Å². The zero-order valence-electron chi connectivity index (χ0n) is 32.9. The number of unbranched alkanes of at least 4 members (excludes halogenated alkanes) is 6. The molecule has 0 aliphatic carbocycles. The van der Waals surface area contributed by atoms with E-state index in [1.807, 2.05) is 84.9 Å². The van der Waals surface area contributed by atoms with Crippen LogP contribution in [0.3, 0.4) is 0 Å². The lowest BCUT2D eigenvalue weighted by atomic mass is 9.99. The lowest BCUT2D eigenvalue weighted by Gasteiger charge is -2.14. The molecule has 286 valence electrons.